The molecule has 0 bridgehead atoms. The summed E-state index contributed by atoms with van der Waals surface area (Å²) >= 11 is 0. The van der Waals surface area contributed by atoms with Crippen molar-refractivity contribution in [2.24, 2.45) is 0 Å². The molecule has 1 nitrogen and oxygen atoms in total. The molecule has 0 N–H and O–H groups in total. The molecule has 2 rings (SSSR count). The molecule has 0 unspecified atom stereocenters. The summed E-state index contributed by atoms with van der Waals surface area (Å²) in [6, 6.07) is 9.53. The number of nitrogens with zero attached hydrogens (tertiary/aromatic N) is 1. The smallest absolute Gasteiger partial charge is 0.423 e. The predicted molar refractivity (Wildman–Crippen MR) is 56.1 cm³/mol. The third-order valence-electron chi connectivity index (χ3n) is 2.73. The van der Waals surface area contributed by atoms with E-state index in [0.717, 1.165) is 0 Å². The Hall–Kier alpha value is -0.383. The van der Waals surface area contributed by atoms with Gasteiger partial charge in [0.15, 0.2) is 0 Å². The second-order valence-electron chi connectivity index (χ2n) is 3.73. The van der Waals surface area contributed by atoms with Crippen molar-refractivity contribution in [3.8, 4) is 0 Å². The summed E-state index contributed by atoms with van der Waals surface area (Å²) in [4.78, 5) is 2.48. The maximum Gasteiger partial charge on any atom is 1.00 e. The third-order valence-corrected chi connectivity index (χ3v) is 2.73. The first-order chi connectivity index (χ1) is 6.38. The van der Waals surface area contributed by atoms with Gasteiger partial charge in [0.1, 0.15) is 0 Å². The molecule has 1 aromatic rings. The van der Waals surface area contributed by atoms with Gasteiger partial charge in [-0.3, -0.25) is 0 Å². The molecule has 1 aliphatic heterocycles. The van der Waals surface area contributed by atoms with Gasteiger partial charge in [0.2, 0.25) is 0 Å². The maximum absolute atomic E-state index is 3.26. The van der Waals surface area contributed by atoms with Gasteiger partial charge in [0.25, 0.3) is 0 Å². The Morgan fingerprint density at radius 1 is 1.21 bits per heavy atom. The van der Waals surface area contributed by atoms with Crippen molar-refractivity contribution >= 4 is 5.69 Å². The number of hydrogen-bond donors (Lipinski definition) is 0. The minimum Gasteiger partial charge on any atom is -0.423 e. The van der Waals surface area contributed by atoms with E-state index in [4.69, 9.17) is 0 Å². The van der Waals surface area contributed by atoms with Crippen LogP contribution in [0.1, 0.15) is 24.8 Å². The zero-order valence-corrected chi connectivity index (χ0v) is 9.21. The fourth-order valence-corrected chi connectivity index (χ4v) is 1.99. The number of piperidine rings is 1. The molecular weight excluding hydrogens is 165 g/mol. The van der Waals surface area contributed by atoms with E-state index in [-0.39, 0.29) is 18.9 Å². The van der Waals surface area contributed by atoms with Gasteiger partial charge in [-0.1, -0.05) is 19.0 Å². The first kappa shape index (κ1) is 11.7. The molecule has 2 heteroatoms. The number of rotatable bonds is 1. The van der Waals surface area contributed by atoms with Crippen LogP contribution in [0.5, 0.6) is 0 Å². The quantitative estimate of drug-likeness (QED) is 0.428. The molecule has 0 radical (unpaired) electrons. The molecule has 1 aromatic carbocycles. The van der Waals surface area contributed by atoms with E-state index in [1.165, 1.54) is 43.6 Å². The minimum atomic E-state index is 0. The molecule has 0 atom stereocenters. The molecule has 0 aromatic heterocycles. The van der Waals surface area contributed by atoms with E-state index >= 15 is 0 Å². The molecule has 1 fully saturated rings. The van der Waals surface area contributed by atoms with Crippen molar-refractivity contribution in [2.75, 3.05) is 18.0 Å². The zero-order chi connectivity index (χ0) is 9.10. The van der Waals surface area contributed by atoms with E-state index in [9.17, 15) is 0 Å². The van der Waals surface area contributed by atoms with Gasteiger partial charge < -0.3 is 4.90 Å². The number of anilines is 1. The Morgan fingerprint density at radius 2 is 1.93 bits per heavy atom. The summed E-state index contributed by atoms with van der Waals surface area (Å²) in [5.74, 6) is 0. The number of aryl methyl sites for hydroxylation is 1. The fourth-order valence-electron chi connectivity index (χ4n) is 1.99. The Balaban J connectivity index is 0.000000980. The van der Waals surface area contributed by atoms with Crippen molar-refractivity contribution in [1.29, 1.82) is 0 Å². The van der Waals surface area contributed by atoms with Gasteiger partial charge in [-0.25, -0.2) is 0 Å². The van der Waals surface area contributed by atoms with Gasteiger partial charge in [0.05, 0.1) is 0 Å². The standard InChI is InChI=1S/C12H16N.Li/c1-11-7-3-4-8-12(11)13-9-5-2-6-10-13;/h3-4,8H,2,5-6,9-10H2,1H3;/q-1;+1. The topological polar surface area (TPSA) is 3.24 Å². The summed E-state index contributed by atoms with van der Waals surface area (Å²) in [7, 11) is 0. The molecule has 0 aliphatic carbocycles. The van der Waals surface area contributed by atoms with Crippen molar-refractivity contribution in [1.82, 2.24) is 0 Å². The van der Waals surface area contributed by atoms with Gasteiger partial charge >= 0.3 is 18.9 Å². The Bertz CT molecular complexity index is 279. The molecule has 1 heterocycles. The Kier molecular flexibility index (Phi) is 4.58. The third kappa shape index (κ3) is 2.56. The van der Waals surface area contributed by atoms with Crippen LogP contribution in [0.25, 0.3) is 0 Å². The number of benzene rings is 1. The van der Waals surface area contributed by atoms with E-state index in [2.05, 4.69) is 30.0 Å². The Morgan fingerprint density at radius 3 is 2.57 bits per heavy atom. The molecule has 1 aliphatic rings. The van der Waals surface area contributed by atoms with E-state index < -0.39 is 0 Å². The molecular formula is C12H16LiN. The van der Waals surface area contributed by atoms with Crippen molar-refractivity contribution < 1.29 is 18.9 Å². The average Bonchev–Trinajstić information content (AvgIpc) is 2.20. The van der Waals surface area contributed by atoms with Crippen LogP contribution < -0.4 is 23.8 Å². The van der Waals surface area contributed by atoms with Crippen LogP contribution in [-0.4, -0.2) is 13.1 Å². The van der Waals surface area contributed by atoms with Crippen LogP contribution in [0.15, 0.2) is 18.2 Å². The van der Waals surface area contributed by atoms with Crippen LogP contribution >= 0.6 is 0 Å². The van der Waals surface area contributed by atoms with Crippen LogP contribution in [0.4, 0.5) is 5.69 Å². The summed E-state index contributed by atoms with van der Waals surface area (Å²) in [5.41, 5.74) is 2.66. The largest absolute Gasteiger partial charge is 1.00 e. The monoisotopic (exact) mass is 181 g/mol. The molecule has 0 spiro atoms. The van der Waals surface area contributed by atoms with E-state index in [1.54, 1.807) is 0 Å². The second-order valence-corrected chi connectivity index (χ2v) is 3.73. The Labute approximate surface area is 98.7 Å². The van der Waals surface area contributed by atoms with Crippen molar-refractivity contribution in [2.45, 2.75) is 26.2 Å². The van der Waals surface area contributed by atoms with Crippen LogP contribution in [0, 0.1) is 13.0 Å². The molecule has 0 amide bonds. The normalized spacial score (nSPS) is 16.2. The first-order valence-corrected chi connectivity index (χ1v) is 5.10. The second kappa shape index (κ2) is 5.49. The minimum absolute atomic E-state index is 0. The summed E-state index contributed by atoms with van der Waals surface area (Å²) in [5, 5.41) is 0. The number of hydrogen-bond acceptors (Lipinski definition) is 1. The molecule has 70 valence electrons. The van der Waals surface area contributed by atoms with Crippen molar-refractivity contribution in [3.63, 3.8) is 0 Å². The van der Waals surface area contributed by atoms with Gasteiger partial charge in [0, 0.05) is 13.1 Å². The summed E-state index contributed by atoms with van der Waals surface area (Å²) in [6.07, 6.45) is 4.08. The fraction of sp³-hybridized carbons (Fsp3) is 0.500. The predicted octanol–water partition coefficient (Wildman–Crippen LogP) is -0.210. The van der Waals surface area contributed by atoms with Crippen LogP contribution in [-0.2, 0) is 0 Å². The molecule has 0 saturated carbocycles. The SMILES string of the molecule is Cc1[c-]cccc1N1CCCCC1.[Li+]. The summed E-state index contributed by atoms with van der Waals surface area (Å²) in [6.45, 7) is 4.58. The molecule has 14 heavy (non-hydrogen) atoms. The zero-order valence-electron chi connectivity index (χ0n) is 9.21. The van der Waals surface area contributed by atoms with Crippen LogP contribution in [0.2, 0.25) is 0 Å². The molecule has 1 saturated heterocycles. The van der Waals surface area contributed by atoms with Gasteiger partial charge in [-0.15, -0.1) is 11.6 Å². The maximum atomic E-state index is 3.26. The first-order valence-electron chi connectivity index (χ1n) is 5.10. The summed E-state index contributed by atoms with van der Waals surface area (Å²) < 4.78 is 0. The van der Waals surface area contributed by atoms with Crippen LogP contribution in [0.3, 0.4) is 0 Å². The van der Waals surface area contributed by atoms with Gasteiger partial charge in [-0.05, 0) is 12.8 Å². The van der Waals surface area contributed by atoms with Crippen molar-refractivity contribution in [3.05, 3.63) is 29.8 Å². The van der Waals surface area contributed by atoms with E-state index in [1.807, 2.05) is 6.07 Å². The van der Waals surface area contributed by atoms with E-state index in [0.29, 0.717) is 0 Å². The van der Waals surface area contributed by atoms with Gasteiger partial charge in [-0.2, -0.15) is 18.2 Å². The average molecular weight is 181 g/mol.